The van der Waals surface area contributed by atoms with Gasteiger partial charge in [-0.1, -0.05) is 0 Å². The van der Waals surface area contributed by atoms with Crippen molar-refractivity contribution in [1.29, 1.82) is 0 Å². The minimum atomic E-state index is -0.291. The molecule has 0 unspecified atom stereocenters. The van der Waals surface area contributed by atoms with Crippen LogP contribution in [-0.2, 0) is 7.05 Å². The number of carbonyl (C=O) groups excluding carboxylic acids is 2. The highest BCUT2D eigenvalue weighted by molar-refractivity contribution is 6.06. The minimum absolute atomic E-state index is 0.0788. The number of benzene rings is 1. The standard InChI is InChI=1S/C17H18N4O3/c1-10(22)11-7-14(21(4)9-11)16(23)18-12-5-6-15-13(8-12)19-17(24-15)20(2)3/h5-9H,1-4H3,(H,18,23). The van der Waals surface area contributed by atoms with Gasteiger partial charge < -0.3 is 19.2 Å². The lowest BCUT2D eigenvalue weighted by Gasteiger charge is -2.05. The third-order valence-electron chi connectivity index (χ3n) is 3.66. The molecule has 2 heterocycles. The molecule has 0 saturated carbocycles. The molecule has 7 heteroatoms. The first kappa shape index (κ1) is 15.8. The Morgan fingerprint density at radius 3 is 2.62 bits per heavy atom. The molecule has 24 heavy (non-hydrogen) atoms. The molecular weight excluding hydrogens is 308 g/mol. The van der Waals surface area contributed by atoms with Crippen LogP contribution in [0.2, 0.25) is 0 Å². The van der Waals surface area contributed by atoms with Gasteiger partial charge in [0.25, 0.3) is 11.9 Å². The SMILES string of the molecule is CC(=O)c1cc(C(=O)Nc2ccc3oc(N(C)C)nc3c2)n(C)c1. The molecule has 1 aromatic carbocycles. The molecule has 7 nitrogen and oxygen atoms in total. The second kappa shape index (κ2) is 5.84. The van der Waals surface area contributed by atoms with Gasteiger partial charge in [0.05, 0.1) is 0 Å². The van der Waals surface area contributed by atoms with E-state index in [1.807, 2.05) is 14.1 Å². The lowest BCUT2D eigenvalue weighted by molar-refractivity contribution is 0.101. The summed E-state index contributed by atoms with van der Waals surface area (Å²) in [5, 5.41) is 2.82. The van der Waals surface area contributed by atoms with Gasteiger partial charge in [0.2, 0.25) is 0 Å². The zero-order chi connectivity index (χ0) is 17.4. The number of nitrogens with zero attached hydrogens (tertiary/aromatic N) is 3. The second-order valence-corrected chi connectivity index (χ2v) is 5.81. The fourth-order valence-corrected chi connectivity index (χ4v) is 2.36. The first-order valence-corrected chi connectivity index (χ1v) is 7.41. The molecule has 0 fully saturated rings. The number of carbonyl (C=O) groups is 2. The van der Waals surface area contributed by atoms with Crippen molar-refractivity contribution in [3.05, 3.63) is 41.7 Å². The van der Waals surface area contributed by atoms with Gasteiger partial charge in [-0.25, -0.2) is 0 Å². The third-order valence-corrected chi connectivity index (χ3v) is 3.66. The topological polar surface area (TPSA) is 80.4 Å². The number of aryl methyl sites for hydroxylation is 1. The maximum absolute atomic E-state index is 12.4. The van der Waals surface area contributed by atoms with Gasteiger partial charge >= 0.3 is 0 Å². The Bertz CT molecular complexity index is 937. The van der Waals surface area contributed by atoms with Crippen LogP contribution < -0.4 is 10.2 Å². The molecule has 0 saturated heterocycles. The van der Waals surface area contributed by atoms with Crippen molar-refractivity contribution in [3.63, 3.8) is 0 Å². The highest BCUT2D eigenvalue weighted by atomic mass is 16.4. The average molecular weight is 326 g/mol. The van der Waals surface area contributed by atoms with E-state index in [1.54, 1.807) is 47.0 Å². The zero-order valence-electron chi connectivity index (χ0n) is 14.0. The third kappa shape index (κ3) is 2.88. The van der Waals surface area contributed by atoms with Crippen molar-refractivity contribution in [1.82, 2.24) is 9.55 Å². The van der Waals surface area contributed by atoms with Gasteiger partial charge in [-0.15, -0.1) is 0 Å². The van der Waals surface area contributed by atoms with Crippen LogP contribution in [0.3, 0.4) is 0 Å². The summed E-state index contributed by atoms with van der Waals surface area (Å²) in [6.07, 6.45) is 1.64. The normalized spacial score (nSPS) is 10.8. The van der Waals surface area contributed by atoms with Crippen molar-refractivity contribution in [2.45, 2.75) is 6.92 Å². The van der Waals surface area contributed by atoms with Gasteiger partial charge in [0.1, 0.15) is 11.2 Å². The summed E-state index contributed by atoms with van der Waals surface area (Å²) in [7, 11) is 5.41. The maximum Gasteiger partial charge on any atom is 0.297 e. The van der Waals surface area contributed by atoms with Crippen LogP contribution in [0.1, 0.15) is 27.8 Å². The smallest absolute Gasteiger partial charge is 0.297 e. The number of fused-ring (bicyclic) bond motifs is 1. The van der Waals surface area contributed by atoms with Gasteiger partial charge in [0, 0.05) is 38.6 Å². The Balaban J connectivity index is 1.86. The first-order chi connectivity index (χ1) is 11.3. The predicted molar refractivity (Wildman–Crippen MR) is 91.7 cm³/mol. The van der Waals surface area contributed by atoms with Crippen molar-refractivity contribution >= 4 is 34.5 Å². The molecule has 2 aromatic heterocycles. The second-order valence-electron chi connectivity index (χ2n) is 5.81. The van der Waals surface area contributed by atoms with E-state index in [2.05, 4.69) is 10.3 Å². The number of oxazole rings is 1. The van der Waals surface area contributed by atoms with E-state index >= 15 is 0 Å². The van der Waals surface area contributed by atoms with Crippen LogP contribution in [0.4, 0.5) is 11.7 Å². The molecule has 0 aliphatic carbocycles. The number of nitrogens with one attached hydrogen (secondary N) is 1. The number of aromatic nitrogens is 2. The van der Waals surface area contributed by atoms with E-state index < -0.39 is 0 Å². The van der Waals surface area contributed by atoms with Crippen molar-refractivity contribution in [3.8, 4) is 0 Å². The molecule has 3 rings (SSSR count). The monoisotopic (exact) mass is 326 g/mol. The number of anilines is 2. The van der Waals surface area contributed by atoms with E-state index in [9.17, 15) is 9.59 Å². The zero-order valence-corrected chi connectivity index (χ0v) is 14.0. The molecule has 0 radical (unpaired) electrons. The van der Waals surface area contributed by atoms with Crippen LogP contribution >= 0.6 is 0 Å². The van der Waals surface area contributed by atoms with Crippen LogP contribution in [0.25, 0.3) is 11.1 Å². The quantitative estimate of drug-likeness (QED) is 0.746. The number of rotatable bonds is 4. The van der Waals surface area contributed by atoms with E-state index in [1.165, 1.54) is 6.92 Å². The summed E-state index contributed by atoms with van der Waals surface area (Å²) in [6, 6.07) is 7.34. The lowest BCUT2D eigenvalue weighted by Crippen LogP contribution is -2.15. The Labute approximate surface area is 138 Å². The highest BCUT2D eigenvalue weighted by Gasteiger charge is 2.15. The highest BCUT2D eigenvalue weighted by Crippen LogP contribution is 2.24. The Morgan fingerprint density at radius 2 is 2.00 bits per heavy atom. The molecule has 0 aliphatic heterocycles. The van der Waals surface area contributed by atoms with Crippen molar-refractivity contribution in [2.75, 3.05) is 24.3 Å². The fourth-order valence-electron chi connectivity index (χ4n) is 2.36. The molecule has 0 atom stereocenters. The van der Waals surface area contributed by atoms with Gasteiger partial charge in [0.15, 0.2) is 11.4 Å². The van der Waals surface area contributed by atoms with Gasteiger partial charge in [-0.05, 0) is 31.2 Å². The van der Waals surface area contributed by atoms with Crippen molar-refractivity contribution in [2.24, 2.45) is 7.05 Å². The fraction of sp³-hybridized carbons (Fsp3) is 0.235. The summed E-state index contributed by atoms with van der Waals surface area (Å²) in [4.78, 5) is 30.0. The number of hydrogen-bond acceptors (Lipinski definition) is 5. The maximum atomic E-state index is 12.4. The molecule has 0 spiro atoms. The summed E-state index contributed by atoms with van der Waals surface area (Å²) in [6.45, 7) is 1.47. The average Bonchev–Trinajstić information content (AvgIpc) is 3.10. The Kier molecular flexibility index (Phi) is 3.84. The van der Waals surface area contributed by atoms with Gasteiger partial charge in [-0.2, -0.15) is 4.98 Å². The molecule has 0 bridgehead atoms. The van der Waals surface area contributed by atoms with Crippen molar-refractivity contribution < 1.29 is 14.0 Å². The summed E-state index contributed by atoms with van der Waals surface area (Å²) in [5.41, 5.74) is 2.83. The largest absolute Gasteiger partial charge is 0.423 e. The van der Waals surface area contributed by atoms with Crippen LogP contribution in [-0.4, -0.2) is 35.3 Å². The van der Waals surface area contributed by atoms with E-state index in [-0.39, 0.29) is 11.7 Å². The number of Topliss-reactive ketones (excluding diaryl/α,β-unsaturated/α-hetero) is 1. The van der Waals surface area contributed by atoms with Crippen LogP contribution in [0.5, 0.6) is 0 Å². The van der Waals surface area contributed by atoms with E-state index in [0.29, 0.717) is 34.1 Å². The summed E-state index contributed by atoms with van der Waals surface area (Å²) >= 11 is 0. The van der Waals surface area contributed by atoms with Crippen LogP contribution in [0.15, 0.2) is 34.9 Å². The summed E-state index contributed by atoms with van der Waals surface area (Å²) < 4.78 is 7.21. The van der Waals surface area contributed by atoms with E-state index in [4.69, 9.17) is 4.42 Å². The summed E-state index contributed by atoms with van der Waals surface area (Å²) in [5.74, 6) is -0.370. The molecule has 124 valence electrons. The predicted octanol–water partition coefficient (Wildman–Crippen LogP) is 2.69. The molecule has 3 aromatic rings. The molecule has 1 amide bonds. The lowest BCUT2D eigenvalue weighted by atomic mass is 10.2. The Hall–Kier alpha value is -3.09. The first-order valence-electron chi connectivity index (χ1n) is 7.41. The van der Waals surface area contributed by atoms with E-state index in [0.717, 1.165) is 0 Å². The molecule has 0 aliphatic rings. The number of ketones is 1. The molecule has 1 N–H and O–H groups in total. The van der Waals surface area contributed by atoms with Gasteiger partial charge in [-0.3, -0.25) is 9.59 Å². The molecular formula is C17H18N4O3. The number of amides is 1. The Morgan fingerprint density at radius 1 is 1.25 bits per heavy atom. The minimum Gasteiger partial charge on any atom is -0.423 e. The van der Waals surface area contributed by atoms with Crippen LogP contribution in [0, 0.1) is 0 Å². The number of hydrogen-bond donors (Lipinski definition) is 1.